The van der Waals surface area contributed by atoms with Crippen LogP contribution in [0.2, 0.25) is 0 Å². The third kappa shape index (κ3) is 6.78. The van der Waals surface area contributed by atoms with Crippen LogP contribution in [-0.2, 0) is 33.8 Å². The lowest BCUT2D eigenvalue weighted by atomic mass is 10.0. The minimum absolute atomic E-state index is 0.316. The Bertz CT molecular complexity index is 1460. The summed E-state index contributed by atoms with van der Waals surface area (Å²) in [7, 11) is 1.34. The van der Waals surface area contributed by atoms with Gasteiger partial charge in [0.25, 0.3) is 5.91 Å². The molecule has 3 aromatic carbocycles. The number of fused-ring (bicyclic) bond motifs is 1. The normalized spacial score (nSPS) is 14.5. The van der Waals surface area contributed by atoms with Crippen LogP contribution in [0.5, 0.6) is 5.75 Å². The first kappa shape index (κ1) is 28.4. The lowest BCUT2D eigenvalue weighted by molar-refractivity contribution is -0.142. The summed E-state index contributed by atoms with van der Waals surface area (Å²) < 4.78 is 19.1. The summed E-state index contributed by atoms with van der Waals surface area (Å²) in [5.74, 6) is -0.0868. The first-order valence-corrected chi connectivity index (χ1v) is 14.1. The average Bonchev–Trinajstić information content (AvgIpc) is 3.31. The first-order chi connectivity index (χ1) is 20.0. The van der Waals surface area contributed by atoms with E-state index in [9.17, 15) is 9.59 Å². The highest BCUT2D eigenvalue weighted by atomic mass is 16.5. The van der Waals surface area contributed by atoms with Gasteiger partial charge >= 0.3 is 5.97 Å². The van der Waals surface area contributed by atoms with Gasteiger partial charge in [-0.3, -0.25) is 9.69 Å². The highest BCUT2D eigenvalue weighted by Gasteiger charge is 2.28. The Balaban J connectivity index is 1.48. The van der Waals surface area contributed by atoms with Gasteiger partial charge in [-0.05, 0) is 24.1 Å². The van der Waals surface area contributed by atoms with Crippen LogP contribution in [-0.4, -0.2) is 67.3 Å². The second kappa shape index (κ2) is 13.5. The maximum absolute atomic E-state index is 13.9. The Morgan fingerprint density at radius 2 is 1.59 bits per heavy atom. The van der Waals surface area contributed by atoms with E-state index in [0.29, 0.717) is 30.9 Å². The van der Waals surface area contributed by atoms with Crippen molar-refractivity contribution in [2.24, 2.45) is 0 Å². The summed E-state index contributed by atoms with van der Waals surface area (Å²) in [5, 5.41) is 3.75. The van der Waals surface area contributed by atoms with Crippen LogP contribution >= 0.6 is 0 Å². The van der Waals surface area contributed by atoms with Crippen LogP contribution in [0.1, 0.15) is 27.2 Å². The third-order valence-electron chi connectivity index (χ3n) is 7.59. The number of esters is 1. The van der Waals surface area contributed by atoms with Gasteiger partial charge in [-0.15, -0.1) is 0 Å². The van der Waals surface area contributed by atoms with Crippen LogP contribution in [0.25, 0.3) is 10.9 Å². The fourth-order valence-corrected chi connectivity index (χ4v) is 5.40. The monoisotopic (exact) mass is 555 g/mol. The van der Waals surface area contributed by atoms with Gasteiger partial charge < -0.3 is 24.1 Å². The summed E-state index contributed by atoms with van der Waals surface area (Å²) in [4.78, 5) is 29.0. The molecule has 41 heavy (non-hydrogen) atoms. The summed E-state index contributed by atoms with van der Waals surface area (Å²) in [5.41, 5.74) is 4.23. The predicted molar refractivity (Wildman–Crippen MR) is 158 cm³/mol. The van der Waals surface area contributed by atoms with Gasteiger partial charge in [-0.2, -0.15) is 0 Å². The maximum Gasteiger partial charge on any atom is 0.328 e. The van der Waals surface area contributed by atoms with E-state index in [-0.39, 0.29) is 5.91 Å². The van der Waals surface area contributed by atoms with Gasteiger partial charge in [-0.1, -0.05) is 72.8 Å². The number of para-hydroxylation sites is 1. The van der Waals surface area contributed by atoms with Gasteiger partial charge in [0.1, 0.15) is 18.4 Å². The van der Waals surface area contributed by atoms with E-state index in [1.165, 1.54) is 7.11 Å². The van der Waals surface area contributed by atoms with E-state index in [4.69, 9.17) is 14.2 Å². The number of benzene rings is 3. The minimum atomic E-state index is -0.821. The Kier molecular flexibility index (Phi) is 9.33. The fourth-order valence-electron chi connectivity index (χ4n) is 5.40. The molecule has 8 nitrogen and oxygen atoms in total. The molecule has 0 bridgehead atoms. The highest BCUT2D eigenvalue weighted by molar-refractivity contribution is 6.10. The second-order valence-electron chi connectivity index (χ2n) is 10.2. The van der Waals surface area contributed by atoms with Crippen molar-refractivity contribution in [1.82, 2.24) is 14.8 Å². The van der Waals surface area contributed by atoms with Crippen LogP contribution in [0.15, 0.2) is 78.9 Å². The van der Waals surface area contributed by atoms with Gasteiger partial charge in [0.15, 0.2) is 0 Å². The Morgan fingerprint density at radius 3 is 2.27 bits per heavy atom. The number of carbonyl (C=O) groups is 2. The molecule has 1 amide bonds. The van der Waals surface area contributed by atoms with Gasteiger partial charge in [0, 0.05) is 43.7 Å². The largest absolute Gasteiger partial charge is 0.487 e. The SMILES string of the molecule is COC(=O)[C@H](Cc1ccccc1)NC(=O)c1c(C)n(CCN2CCOCC2)c2c(OCc3ccccc3)cccc12. The number of nitrogens with zero attached hydrogens (tertiary/aromatic N) is 2. The highest BCUT2D eigenvalue weighted by Crippen LogP contribution is 2.34. The van der Waals surface area contributed by atoms with Gasteiger partial charge in [0.05, 0.1) is 31.4 Å². The molecule has 1 aromatic heterocycles. The van der Waals surface area contributed by atoms with Crippen molar-refractivity contribution in [2.45, 2.75) is 32.5 Å². The molecule has 2 heterocycles. The number of methoxy groups -OCH3 is 1. The molecule has 214 valence electrons. The summed E-state index contributed by atoms with van der Waals surface area (Å²) in [6, 6.07) is 24.6. The topological polar surface area (TPSA) is 82.0 Å². The van der Waals surface area contributed by atoms with E-state index in [1.54, 1.807) is 0 Å². The van der Waals surface area contributed by atoms with Gasteiger partial charge in [-0.25, -0.2) is 4.79 Å². The van der Waals surface area contributed by atoms with Crippen LogP contribution in [0.3, 0.4) is 0 Å². The predicted octanol–water partition coefficient (Wildman–Crippen LogP) is 4.38. The van der Waals surface area contributed by atoms with Crippen LogP contribution in [0, 0.1) is 6.92 Å². The van der Waals surface area contributed by atoms with Crippen molar-refractivity contribution in [3.63, 3.8) is 0 Å². The van der Waals surface area contributed by atoms with Crippen molar-refractivity contribution in [3.8, 4) is 5.75 Å². The third-order valence-corrected chi connectivity index (χ3v) is 7.59. The summed E-state index contributed by atoms with van der Waals surface area (Å²) >= 11 is 0. The van der Waals surface area contributed by atoms with E-state index in [2.05, 4.69) is 14.8 Å². The minimum Gasteiger partial charge on any atom is -0.487 e. The average molecular weight is 556 g/mol. The summed E-state index contributed by atoms with van der Waals surface area (Å²) in [6.45, 7) is 7.08. The molecular formula is C33H37N3O5. The number of rotatable bonds is 11. The first-order valence-electron chi connectivity index (χ1n) is 14.1. The Hall–Kier alpha value is -4.14. The van der Waals surface area contributed by atoms with E-state index in [0.717, 1.165) is 60.6 Å². The molecule has 5 rings (SSSR count). The zero-order valence-corrected chi connectivity index (χ0v) is 23.7. The molecule has 0 spiro atoms. The van der Waals surface area contributed by atoms with Crippen LogP contribution in [0.4, 0.5) is 0 Å². The van der Waals surface area contributed by atoms with Crippen molar-refractivity contribution in [1.29, 1.82) is 0 Å². The number of aromatic nitrogens is 1. The number of hydrogen-bond acceptors (Lipinski definition) is 6. The van der Waals surface area contributed by atoms with Crippen molar-refractivity contribution in [3.05, 3.63) is 101 Å². The summed E-state index contributed by atoms with van der Waals surface area (Å²) in [6.07, 6.45) is 0.333. The van der Waals surface area contributed by atoms with Crippen molar-refractivity contribution >= 4 is 22.8 Å². The standard InChI is InChI=1S/C33H37N3O5/c1-24-30(32(37)34-28(33(38)39-2)22-25-10-5-3-6-11-25)27-14-9-15-29(41-23-26-12-7-4-8-13-26)31(27)36(24)17-16-35-18-20-40-21-19-35/h3-15,28H,16-23H2,1-2H3,(H,34,37)/t28-/m0/s1. The lowest BCUT2D eigenvalue weighted by Gasteiger charge is -2.27. The zero-order chi connectivity index (χ0) is 28.6. The van der Waals surface area contributed by atoms with E-state index in [1.807, 2.05) is 85.8 Å². The zero-order valence-electron chi connectivity index (χ0n) is 23.7. The van der Waals surface area contributed by atoms with Gasteiger partial charge in [0.2, 0.25) is 0 Å². The lowest BCUT2D eigenvalue weighted by Crippen LogP contribution is -2.43. The molecule has 0 unspecified atom stereocenters. The van der Waals surface area contributed by atoms with Crippen molar-refractivity contribution in [2.75, 3.05) is 40.0 Å². The number of hydrogen-bond donors (Lipinski definition) is 1. The smallest absolute Gasteiger partial charge is 0.328 e. The molecule has 0 radical (unpaired) electrons. The number of morpholine rings is 1. The number of nitrogens with one attached hydrogen (secondary N) is 1. The Morgan fingerprint density at radius 1 is 0.902 bits per heavy atom. The molecule has 1 aliphatic rings. The fraction of sp³-hybridized carbons (Fsp3) is 0.333. The van der Waals surface area contributed by atoms with Crippen molar-refractivity contribution < 1.29 is 23.8 Å². The molecule has 1 N–H and O–H groups in total. The molecule has 8 heteroatoms. The van der Waals surface area contributed by atoms with E-state index >= 15 is 0 Å². The second-order valence-corrected chi connectivity index (χ2v) is 10.2. The quantitative estimate of drug-likeness (QED) is 0.277. The molecule has 1 fully saturated rings. The number of carbonyl (C=O) groups excluding carboxylic acids is 2. The molecule has 1 saturated heterocycles. The molecule has 4 aromatic rings. The maximum atomic E-state index is 13.9. The molecular weight excluding hydrogens is 518 g/mol. The Labute approximate surface area is 240 Å². The molecule has 0 aliphatic carbocycles. The van der Waals surface area contributed by atoms with Crippen LogP contribution < -0.4 is 10.1 Å². The number of amides is 1. The molecule has 1 aliphatic heterocycles. The molecule has 1 atom stereocenters. The van der Waals surface area contributed by atoms with E-state index < -0.39 is 12.0 Å². The molecule has 0 saturated carbocycles. The number of ether oxygens (including phenoxy) is 3.